The fourth-order valence-corrected chi connectivity index (χ4v) is 1.02. The first-order valence-electron chi connectivity index (χ1n) is 3.82. The van der Waals surface area contributed by atoms with Crippen molar-refractivity contribution in [3.63, 3.8) is 0 Å². The number of nitrogen functional groups attached to an aromatic ring is 1. The lowest BCUT2D eigenvalue weighted by Gasteiger charge is -2.10. The Morgan fingerprint density at radius 3 is 2.71 bits per heavy atom. The molecule has 0 spiro atoms. The van der Waals surface area contributed by atoms with Crippen molar-refractivity contribution in [2.75, 3.05) is 12.8 Å². The largest absolute Gasteiger partial charge is 0.480 e. The van der Waals surface area contributed by atoms with Crippen molar-refractivity contribution in [3.8, 4) is 5.88 Å². The summed E-state index contributed by atoms with van der Waals surface area (Å²) < 4.78 is 29.5. The molecule has 0 aliphatic heterocycles. The van der Waals surface area contributed by atoms with Crippen LogP contribution in [0.25, 0.3) is 0 Å². The topological polar surface area (TPSA) is 68.4 Å². The van der Waals surface area contributed by atoms with E-state index in [0.717, 1.165) is 6.07 Å². The average molecular weight is 204 g/mol. The lowest BCUT2D eigenvalue weighted by atomic mass is 10.2. The zero-order valence-corrected chi connectivity index (χ0v) is 7.50. The first kappa shape index (κ1) is 10.6. The number of anilines is 1. The van der Waals surface area contributed by atoms with Crippen LogP contribution in [0.15, 0.2) is 6.07 Å². The summed E-state index contributed by atoms with van der Waals surface area (Å²) in [6.07, 6.45) is -2.71. The number of nitrogens with zero attached hydrogens (tertiary/aromatic N) is 1. The number of aliphatic hydroxyl groups is 1. The molecule has 1 heterocycles. The van der Waals surface area contributed by atoms with Gasteiger partial charge < -0.3 is 15.6 Å². The standard InChI is InChI=1S/C8H10F2N2O2/c1-14-8-6(11)5(7(9)10)2-4(3-13)12-8/h2,7,13H,3,11H2,1H3. The maximum atomic E-state index is 12.4. The molecule has 78 valence electrons. The van der Waals surface area contributed by atoms with Gasteiger partial charge in [-0.2, -0.15) is 0 Å². The molecule has 3 N–H and O–H groups in total. The van der Waals surface area contributed by atoms with E-state index in [2.05, 4.69) is 4.98 Å². The number of nitrogens with two attached hydrogens (primary N) is 1. The molecule has 0 unspecified atom stereocenters. The fourth-order valence-electron chi connectivity index (χ4n) is 1.02. The van der Waals surface area contributed by atoms with Gasteiger partial charge in [0.2, 0.25) is 5.88 Å². The Bertz CT molecular complexity index is 331. The van der Waals surface area contributed by atoms with Crippen LogP contribution in [0.2, 0.25) is 0 Å². The maximum Gasteiger partial charge on any atom is 0.266 e. The Morgan fingerprint density at radius 2 is 2.29 bits per heavy atom. The van der Waals surface area contributed by atoms with Crippen LogP contribution in [0.4, 0.5) is 14.5 Å². The predicted octanol–water partition coefficient (Wildman–Crippen LogP) is 1.10. The number of hydrogen-bond donors (Lipinski definition) is 2. The van der Waals surface area contributed by atoms with Crippen LogP contribution in [0.1, 0.15) is 17.7 Å². The zero-order chi connectivity index (χ0) is 10.7. The lowest BCUT2D eigenvalue weighted by molar-refractivity contribution is 0.151. The molecule has 0 aromatic carbocycles. The van der Waals surface area contributed by atoms with Crippen LogP contribution in [-0.4, -0.2) is 17.2 Å². The highest BCUT2D eigenvalue weighted by Crippen LogP contribution is 2.31. The number of alkyl halides is 2. The molecule has 0 fully saturated rings. The monoisotopic (exact) mass is 204 g/mol. The van der Waals surface area contributed by atoms with Gasteiger partial charge in [-0.05, 0) is 6.07 Å². The molecule has 1 aromatic heterocycles. The van der Waals surface area contributed by atoms with E-state index >= 15 is 0 Å². The molecule has 0 saturated carbocycles. The first-order chi connectivity index (χ1) is 6.60. The predicted molar refractivity (Wildman–Crippen MR) is 46.1 cm³/mol. The van der Waals surface area contributed by atoms with Crippen LogP contribution in [-0.2, 0) is 6.61 Å². The smallest absolute Gasteiger partial charge is 0.266 e. The van der Waals surface area contributed by atoms with E-state index in [1.54, 1.807) is 0 Å². The van der Waals surface area contributed by atoms with Crippen molar-refractivity contribution in [1.82, 2.24) is 4.98 Å². The van der Waals surface area contributed by atoms with Gasteiger partial charge in [-0.15, -0.1) is 0 Å². The van der Waals surface area contributed by atoms with Gasteiger partial charge in [-0.25, -0.2) is 13.8 Å². The summed E-state index contributed by atoms with van der Waals surface area (Å²) in [6, 6.07) is 1.06. The summed E-state index contributed by atoms with van der Waals surface area (Å²) in [5, 5.41) is 8.75. The third kappa shape index (κ3) is 1.90. The number of rotatable bonds is 3. The summed E-state index contributed by atoms with van der Waals surface area (Å²) in [5.41, 5.74) is 4.90. The van der Waals surface area contributed by atoms with Crippen LogP contribution in [0.5, 0.6) is 5.88 Å². The molecular weight excluding hydrogens is 194 g/mol. The third-order valence-electron chi connectivity index (χ3n) is 1.70. The zero-order valence-electron chi connectivity index (χ0n) is 7.50. The van der Waals surface area contributed by atoms with Crippen LogP contribution >= 0.6 is 0 Å². The van der Waals surface area contributed by atoms with E-state index in [1.807, 2.05) is 0 Å². The van der Waals surface area contributed by atoms with E-state index in [4.69, 9.17) is 15.6 Å². The number of aliphatic hydroxyl groups excluding tert-OH is 1. The molecule has 0 aliphatic carbocycles. The average Bonchev–Trinajstić information content (AvgIpc) is 2.17. The fraction of sp³-hybridized carbons (Fsp3) is 0.375. The Hall–Kier alpha value is -1.43. The summed E-state index contributed by atoms with van der Waals surface area (Å²) in [6.45, 7) is -0.434. The third-order valence-corrected chi connectivity index (χ3v) is 1.70. The minimum Gasteiger partial charge on any atom is -0.480 e. The van der Waals surface area contributed by atoms with Gasteiger partial charge in [0.05, 0.1) is 19.4 Å². The van der Waals surface area contributed by atoms with E-state index < -0.39 is 13.0 Å². The van der Waals surface area contributed by atoms with E-state index in [9.17, 15) is 8.78 Å². The molecule has 0 saturated heterocycles. The quantitative estimate of drug-likeness (QED) is 0.773. The summed E-state index contributed by atoms with van der Waals surface area (Å²) in [7, 11) is 1.27. The van der Waals surface area contributed by atoms with Crippen molar-refractivity contribution >= 4 is 5.69 Å². The first-order valence-corrected chi connectivity index (χ1v) is 3.82. The Kier molecular flexibility index (Phi) is 3.19. The second-order valence-electron chi connectivity index (χ2n) is 2.58. The number of aromatic nitrogens is 1. The molecule has 6 heteroatoms. The Labute approximate surface area is 79.3 Å². The van der Waals surface area contributed by atoms with Crippen molar-refractivity contribution < 1.29 is 18.6 Å². The van der Waals surface area contributed by atoms with E-state index in [-0.39, 0.29) is 22.8 Å². The highest BCUT2D eigenvalue weighted by Gasteiger charge is 2.17. The normalized spacial score (nSPS) is 10.6. The summed E-state index contributed by atoms with van der Waals surface area (Å²) in [5.74, 6) is -0.0909. The van der Waals surface area contributed by atoms with Crippen molar-refractivity contribution in [2.24, 2.45) is 0 Å². The Morgan fingerprint density at radius 1 is 1.64 bits per heavy atom. The van der Waals surface area contributed by atoms with Gasteiger partial charge >= 0.3 is 0 Å². The number of methoxy groups -OCH3 is 1. The van der Waals surface area contributed by atoms with Gasteiger partial charge in [0.25, 0.3) is 6.43 Å². The molecule has 0 amide bonds. The molecule has 1 rings (SSSR count). The van der Waals surface area contributed by atoms with E-state index in [1.165, 1.54) is 7.11 Å². The lowest BCUT2D eigenvalue weighted by Crippen LogP contribution is -2.04. The second kappa shape index (κ2) is 4.19. The number of hydrogen-bond acceptors (Lipinski definition) is 4. The van der Waals surface area contributed by atoms with Gasteiger partial charge in [0.15, 0.2) is 0 Å². The Balaban J connectivity index is 3.27. The van der Waals surface area contributed by atoms with Crippen LogP contribution < -0.4 is 10.5 Å². The summed E-state index contributed by atoms with van der Waals surface area (Å²) in [4.78, 5) is 3.72. The minimum atomic E-state index is -2.71. The minimum absolute atomic E-state index is 0.0909. The molecular formula is C8H10F2N2O2. The molecule has 0 atom stereocenters. The van der Waals surface area contributed by atoms with Crippen molar-refractivity contribution in [2.45, 2.75) is 13.0 Å². The van der Waals surface area contributed by atoms with Crippen molar-refractivity contribution in [3.05, 3.63) is 17.3 Å². The summed E-state index contributed by atoms with van der Waals surface area (Å²) >= 11 is 0. The maximum absolute atomic E-state index is 12.4. The van der Waals surface area contributed by atoms with E-state index in [0.29, 0.717) is 0 Å². The van der Waals surface area contributed by atoms with Gasteiger partial charge in [0, 0.05) is 5.56 Å². The highest BCUT2D eigenvalue weighted by atomic mass is 19.3. The molecule has 1 aromatic rings. The molecule has 0 aliphatic rings. The number of halogens is 2. The second-order valence-corrected chi connectivity index (χ2v) is 2.58. The number of ether oxygens (including phenoxy) is 1. The van der Waals surface area contributed by atoms with Gasteiger partial charge in [-0.1, -0.05) is 0 Å². The SMILES string of the molecule is COc1nc(CO)cc(C(F)F)c1N. The number of pyridine rings is 1. The van der Waals surface area contributed by atoms with Crippen molar-refractivity contribution in [1.29, 1.82) is 0 Å². The van der Waals surface area contributed by atoms with Gasteiger partial charge in [-0.3, -0.25) is 0 Å². The molecule has 14 heavy (non-hydrogen) atoms. The molecule has 4 nitrogen and oxygen atoms in total. The molecule has 0 bridgehead atoms. The van der Waals surface area contributed by atoms with Gasteiger partial charge in [0.1, 0.15) is 5.69 Å². The van der Waals surface area contributed by atoms with Crippen LogP contribution in [0, 0.1) is 0 Å². The van der Waals surface area contributed by atoms with Crippen LogP contribution in [0.3, 0.4) is 0 Å². The highest BCUT2D eigenvalue weighted by molar-refractivity contribution is 5.56. The molecule has 0 radical (unpaired) electrons.